The van der Waals surface area contributed by atoms with Gasteiger partial charge >= 0.3 is 0 Å². The van der Waals surface area contributed by atoms with Crippen molar-refractivity contribution >= 4 is 0 Å². The molecule has 0 saturated carbocycles. The summed E-state index contributed by atoms with van der Waals surface area (Å²) in [5, 5.41) is 3.63. The number of hydrogen-bond donors (Lipinski definition) is 1. The molecular formula is C17H28FN3. The van der Waals surface area contributed by atoms with E-state index in [-0.39, 0.29) is 5.82 Å². The molecule has 0 bridgehead atoms. The van der Waals surface area contributed by atoms with Crippen LogP contribution in [0.4, 0.5) is 4.39 Å². The zero-order valence-electron chi connectivity index (χ0n) is 13.5. The fraction of sp³-hybridized carbons (Fsp3) is 0.647. The van der Waals surface area contributed by atoms with Crippen LogP contribution in [0.1, 0.15) is 18.9 Å². The lowest BCUT2D eigenvalue weighted by Gasteiger charge is -2.38. The van der Waals surface area contributed by atoms with Gasteiger partial charge in [-0.2, -0.15) is 0 Å². The lowest BCUT2D eigenvalue weighted by atomic mass is 10.1. The molecule has 1 aromatic rings. The van der Waals surface area contributed by atoms with Gasteiger partial charge in [0.1, 0.15) is 5.82 Å². The summed E-state index contributed by atoms with van der Waals surface area (Å²) in [6.45, 7) is 6.65. The van der Waals surface area contributed by atoms with Gasteiger partial charge in [-0.15, -0.1) is 0 Å². The maximum Gasteiger partial charge on any atom is 0.123 e. The second kappa shape index (κ2) is 7.87. The molecular weight excluding hydrogens is 265 g/mol. The first-order valence-electron chi connectivity index (χ1n) is 7.91. The predicted molar refractivity (Wildman–Crippen MR) is 86.1 cm³/mol. The van der Waals surface area contributed by atoms with E-state index in [1.807, 2.05) is 6.07 Å². The van der Waals surface area contributed by atoms with Crippen molar-refractivity contribution < 1.29 is 4.39 Å². The summed E-state index contributed by atoms with van der Waals surface area (Å²) in [5.41, 5.74) is 1.08. The molecule has 0 aliphatic carbocycles. The summed E-state index contributed by atoms with van der Waals surface area (Å²) in [6.07, 6.45) is 1.96. The molecule has 1 aliphatic rings. The van der Waals surface area contributed by atoms with Crippen molar-refractivity contribution in [3.8, 4) is 0 Å². The number of hydrogen-bond acceptors (Lipinski definition) is 3. The Morgan fingerprint density at radius 2 is 2.14 bits per heavy atom. The third-order valence-corrected chi connectivity index (χ3v) is 4.44. The Morgan fingerprint density at radius 3 is 2.90 bits per heavy atom. The summed E-state index contributed by atoms with van der Waals surface area (Å²) in [5.74, 6) is -0.139. The van der Waals surface area contributed by atoms with Gasteiger partial charge in [0.25, 0.3) is 0 Å². The normalized spacial score (nSPS) is 22.4. The molecule has 21 heavy (non-hydrogen) atoms. The van der Waals surface area contributed by atoms with Crippen LogP contribution in [0.5, 0.6) is 0 Å². The third-order valence-electron chi connectivity index (χ3n) is 4.44. The standard InChI is InChI=1S/C17H28FN3/c1-14(7-8-15-5-4-6-16(18)11-15)19-12-17-13-20(2)9-10-21(17)3/h4-6,11,14,17,19H,7-10,12-13H2,1-3H3/t14-,17+/m1/s1. The average Bonchev–Trinajstić information content (AvgIpc) is 2.46. The van der Waals surface area contributed by atoms with Gasteiger partial charge in [0.15, 0.2) is 0 Å². The van der Waals surface area contributed by atoms with Crippen molar-refractivity contribution in [1.29, 1.82) is 0 Å². The lowest BCUT2D eigenvalue weighted by molar-refractivity contribution is 0.111. The molecule has 1 fully saturated rings. The molecule has 1 heterocycles. The minimum Gasteiger partial charge on any atom is -0.313 e. The van der Waals surface area contributed by atoms with E-state index in [0.717, 1.165) is 44.6 Å². The summed E-state index contributed by atoms with van der Waals surface area (Å²) in [6, 6.07) is 7.96. The molecule has 2 atom stereocenters. The Balaban J connectivity index is 1.70. The third kappa shape index (κ3) is 5.38. The van der Waals surface area contributed by atoms with Crippen LogP contribution in [0.15, 0.2) is 24.3 Å². The van der Waals surface area contributed by atoms with Gasteiger partial charge in [0.05, 0.1) is 0 Å². The summed E-state index contributed by atoms with van der Waals surface area (Å²) < 4.78 is 13.1. The van der Waals surface area contributed by atoms with Crippen LogP contribution in [0.3, 0.4) is 0 Å². The first kappa shape index (κ1) is 16.4. The number of rotatable bonds is 6. The van der Waals surface area contributed by atoms with E-state index in [2.05, 4.69) is 36.1 Å². The van der Waals surface area contributed by atoms with Crippen LogP contribution >= 0.6 is 0 Å². The van der Waals surface area contributed by atoms with Gasteiger partial charge in [0.2, 0.25) is 0 Å². The largest absolute Gasteiger partial charge is 0.313 e. The van der Waals surface area contributed by atoms with Crippen LogP contribution in [-0.4, -0.2) is 62.2 Å². The Hall–Kier alpha value is -0.970. The second-order valence-corrected chi connectivity index (χ2v) is 6.37. The van der Waals surface area contributed by atoms with E-state index in [1.54, 1.807) is 12.1 Å². The second-order valence-electron chi connectivity index (χ2n) is 6.37. The van der Waals surface area contributed by atoms with Gasteiger partial charge in [-0.1, -0.05) is 12.1 Å². The topological polar surface area (TPSA) is 18.5 Å². The highest BCUT2D eigenvalue weighted by molar-refractivity contribution is 5.16. The predicted octanol–water partition coefficient (Wildman–Crippen LogP) is 1.98. The van der Waals surface area contributed by atoms with E-state index >= 15 is 0 Å². The monoisotopic (exact) mass is 293 g/mol. The van der Waals surface area contributed by atoms with Crippen molar-refractivity contribution in [2.75, 3.05) is 40.3 Å². The van der Waals surface area contributed by atoms with Crippen LogP contribution in [0, 0.1) is 5.82 Å². The summed E-state index contributed by atoms with van der Waals surface area (Å²) in [4.78, 5) is 4.83. The number of halogens is 1. The van der Waals surface area contributed by atoms with Crippen LogP contribution in [-0.2, 0) is 6.42 Å². The molecule has 0 unspecified atom stereocenters. The molecule has 0 amide bonds. The van der Waals surface area contributed by atoms with Gasteiger partial charge in [0, 0.05) is 38.3 Å². The van der Waals surface area contributed by atoms with Crippen LogP contribution in [0.2, 0.25) is 0 Å². The Bertz CT molecular complexity index is 438. The first-order valence-corrected chi connectivity index (χ1v) is 7.91. The number of aryl methyl sites for hydroxylation is 1. The Kier molecular flexibility index (Phi) is 6.15. The first-order chi connectivity index (χ1) is 10.0. The van der Waals surface area contributed by atoms with E-state index in [0.29, 0.717) is 12.1 Å². The minimum absolute atomic E-state index is 0.139. The zero-order valence-corrected chi connectivity index (χ0v) is 13.5. The molecule has 1 aromatic carbocycles. The minimum atomic E-state index is -0.139. The lowest BCUT2D eigenvalue weighted by Crippen LogP contribution is -2.54. The van der Waals surface area contributed by atoms with Crippen LogP contribution in [0.25, 0.3) is 0 Å². The zero-order chi connectivity index (χ0) is 15.2. The number of nitrogens with one attached hydrogen (secondary N) is 1. The summed E-state index contributed by atoms with van der Waals surface area (Å²) >= 11 is 0. The van der Waals surface area contributed by atoms with E-state index in [1.165, 1.54) is 6.07 Å². The molecule has 2 rings (SSSR count). The molecule has 4 heteroatoms. The number of nitrogens with zero attached hydrogens (tertiary/aromatic N) is 2. The number of likely N-dealkylation sites (N-methyl/N-ethyl adjacent to an activating group) is 2. The van der Waals surface area contributed by atoms with Crippen molar-refractivity contribution in [2.45, 2.75) is 31.8 Å². The van der Waals surface area contributed by atoms with Gasteiger partial charge in [-0.25, -0.2) is 4.39 Å². The highest BCUT2D eigenvalue weighted by atomic mass is 19.1. The Labute approximate surface area is 128 Å². The maximum atomic E-state index is 13.1. The quantitative estimate of drug-likeness (QED) is 0.865. The van der Waals surface area contributed by atoms with E-state index < -0.39 is 0 Å². The SMILES string of the molecule is C[C@H](CCc1cccc(F)c1)NC[C@H]1CN(C)CCN1C. The van der Waals surface area contributed by atoms with Crippen molar-refractivity contribution in [3.63, 3.8) is 0 Å². The molecule has 3 nitrogen and oxygen atoms in total. The maximum absolute atomic E-state index is 13.1. The number of piperazine rings is 1. The average molecular weight is 293 g/mol. The molecule has 1 saturated heterocycles. The summed E-state index contributed by atoms with van der Waals surface area (Å²) in [7, 11) is 4.39. The molecule has 0 aromatic heterocycles. The fourth-order valence-electron chi connectivity index (χ4n) is 2.84. The van der Waals surface area contributed by atoms with Gasteiger partial charge in [-0.3, -0.25) is 4.90 Å². The van der Waals surface area contributed by atoms with Crippen molar-refractivity contribution in [3.05, 3.63) is 35.6 Å². The smallest absolute Gasteiger partial charge is 0.123 e. The van der Waals surface area contributed by atoms with Crippen molar-refractivity contribution in [1.82, 2.24) is 15.1 Å². The van der Waals surface area contributed by atoms with E-state index in [4.69, 9.17) is 0 Å². The van der Waals surface area contributed by atoms with Gasteiger partial charge in [-0.05, 0) is 51.6 Å². The highest BCUT2D eigenvalue weighted by Gasteiger charge is 2.22. The van der Waals surface area contributed by atoms with E-state index in [9.17, 15) is 4.39 Å². The molecule has 1 aliphatic heterocycles. The molecule has 0 radical (unpaired) electrons. The fourth-order valence-corrected chi connectivity index (χ4v) is 2.84. The highest BCUT2D eigenvalue weighted by Crippen LogP contribution is 2.09. The van der Waals surface area contributed by atoms with Gasteiger partial charge < -0.3 is 10.2 Å². The Morgan fingerprint density at radius 1 is 1.33 bits per heavy atom. The molecule has 1 N–H and O–H groups in total. The van der Waals surface area contributed by atoms with Crippen LogP contribution < -0.4 is 5.32 Å². The molecule has 118 valence electrons. The molecule has 0 spiro atoms. The van der Waals surface area contributed by atoms with Crippen molar-refractivity contribution in [2.24, 2.45) is 0 Å². The number of benzene rings is 1.